The number of halogens is 1. The van der Waals surface area contributed by atoms with E-state index in [1.165, 1.54) is 0 Å². The van der Waals surface area contributed by atoms with Gasteiger partial charge in [0.1, 0.15) is 13.2 Å². The van der Waals surface area contributed by atoms with E-state index in [0.29, 0.717) is 30.3 Å². The minimum absolute atomic E-state index is 0.0186. The average molecular weight is 273 g/mol. The van der Waals surface area contributed by atoms with E-state index in [0.717, 1.165) is 4.47 Å². The van der Waals surface area contributed by atoms with E-state index in [1.54, 1.807) is 12.1 Å². The van der Waals surface area contributed by atoms with E-state index in [9.17, 15) is 4.79 Å². The zero-order chi connectivity index (χ0) is 10.8. The Morgan fingerprint density at radius 3 is 2.87 bits per heavy atom. The van der Waals surface area contributed by atoms with Crippen LogP contribution in [0.5, 0.6) is 11.5 Å². The quantitative estimate of drug-likeness (QED) is 0.893. The largest absolute Gasteiger partial charge is 0.486 e. The van der Waals surface area contributed by atoms with Crippen molar-refractivity contribution in [2.75, 3.05) is 13.2 Å². The molecule has 0 bridgehead atoms. The number of benzene rings is 1. The third-order valence-corrected chi connectivity index (χ3v) is 2.60. The third kappa shape index (κ3) is 2.23. The van der Waals surface area contributed by atoms with Gasteiger partial charge in [-0.3, -0.25) is 4.79 Å². The SMILES string of the molecule is O=C(O)Cc1cc(Br)c2c(c1)OCCO2. The Kier molecular flexibility index (Phi) is 2.81. The van der Waals surface area contributed by atoms with Crippen LogP contribution < -0.4 is 9.47 Å². The van der Waals surface area contributed by atoms with Crippen molar-refractivity contribution in [1.82, 2.24) is 0 Å². The lowest BCUT2D eigenvalue weighted by atomic mass is 10.1. The molecular formula is C10H9BrO4. The summed E-state index contributed by atoms with van der Waals surface area (Å²) in [4.78, 5) is 10.6. The third-order valence-electron chi connectivity index (χ3n) is 2.01. The Morgan fingerprint density at radius 2 is 2.13 bits per heavy atom. The van der Waals surface area contributed by atoms with Crippen molar-refractivity contribution in [3.8, 4) is 11.5 Å². The minimum atomic E-state index is -0.862. The molecule has 0 fully saturated rings. The number of fused-ring (bicyclic) bond motifs is 1. The molecule has 15 heavy (non-hydrogen) atoms. The summed E-state index contributed by atoms with van der Waals surface area (Å²) in [7, 11) is 0. The summed E-state index contributed by atoms with van der Waals surface area (Å²) in [6, 6.07) is 3.44. The first-order chi connectivity index (χ1) is 7.16. The van der Waals surface area contributed by atoms with E-state index in [2.05, 4.69) is 15.9 Å². The maximum absolute atomic E-state index is 10.6. The van der Waals surface area contributed by atoms with E-state index in [-0.39, 0.29) is 6.42 Å². The molecule has 2 rings (SSSR count). The van der Waals surface area contributed by atoms with Crippen molar-refractivity contribution < 1.29 is 19.4 Å². The molecule has 0 radical (unpaired) electrons. The summed E-state index contributed by atoms with van der Waals surface area (Å²) in [6.45, 7) is 1.01. The molecule has 0 amide bonds. The van der Waals surface area contributed by atoms with E-state index < -0.39 is 5.97 Å². The Morgan fingerprint density at radius 1 is 1.40 bits per heavy atom. The number of hydrogen-bond acceptors (Lipinski definition) is 3. The number of aliphatic carboxylic acids is 1. The van der Waals surface area contributed by atoms with Crippen LogP contribution in [0.4, 0.5) is 0 Å². The van der Waals surface area contributed by atoms with E-state index >= 15 is 0 Å². The molecule has 1 aliphatic rings. The smallest absolute Gasteiger partial charge is 0.307 e. The van der Waals surface area contributed by atoms with Gasteiger partial charge in [0.05, 0.1) is 10.9 Å². The molecule has 0 unspecified atom stereocenters. The second-order valence-electron chi connectivity index (χ2n) is 3.17. The fourth-order valence-electron chi connectivity index (χ4n) is 1.44. The molecule has 0 atom stereocenters. The van der Waals surface area contributed by atoms with Crippen LogP contribution in [0, 0.1) is 0 Å². The van der Waals surface area contributed by atoms with Crippen molar-refractivity contribution in [3.05, 3.63) is 22.2 Å². The molecule has 1 aliphatic heterocycles. The lowest BCUT2D eigenvalue weighted by Crippen LogP contribution is -2.16. The van der Waals surface area contributed by atoms with Gasteiger partial charge in [0, 0.05) is 0 Å². The van der Waals surface area contributed by atoms with Gasteiger partial charge in [0.15, 0.2) is 11.5 Å². The standard InChI is InChI=1S/C10H9BrO4/c11-7-3-6(5-9(12)13)4-8-10(7)15-2-1-14-8/h3-4H,1-2,5H2,(H,12,13). The molecule has 0 saturated heterocycles. The van der Waals surface area contributed by atoms with Crippen molar-refractivity contribution >= 4 is 21.9 Å². The van der Waals surface area contributed by atoms with Crippen molar-refractivity contribution in [1.29, 1.82) is 0 Å². The summed E-state index contributed by atoms with van der Waals surface area (Å²) in [5.41, 5.74) is 0.693. The van der Waals surface area contributed by atoms with Crippen LogP contribution in [-0.2, 0) is 11.2 Å². The molecule has 0 saturated carbocycles. The molecule has 0 spiro atoms. The highest BCUT2D eigenvalue weighted by Gasteiger charge is 2.16. The van der Waals surface area contributed by atoms with Gasteiger partial charge in [-0.05, 0) is 33.6 Å². The molecule has 1 N–H and O–H groups in total. The van der Waals surface area contributed by atoms with Gasteiger partial charge in [-0.2, -0.15) is 0 Å². The Balaban J connectivity index is 2.36. The van der Waals surface area contributed by atoms with Gasteiger partial charge in [-0.1, -0.05) is 0 Å². The second-order valence-corrected chi connectivity index (χ2v) is 4.03. The highest BCUT2D eigenvalue weighted by atomic mass is 79.9. The van der Waals surface area contributed by atoms with E-state index in [1.807, 2.05) is 0 Å². The molecule has 1 aromatic rings. The molecule has 1 aromatic carbocycles. The number of carboxylic acids is 1. The Bertz CT molecular complexity index is 403. The zero-order valence-electron chi connectivity index (χ0n) is 7.83. The first-order valence-electron chi connectivity index (χ1n) is 4.46. The molecule has 1 heterocycles. The van der Waals surface area contributed by atoms with Crippen LogP contribution >= 0.6 is 15.9 Å². The van der Waals surface area contributed by atoms with Crippen LogP contribution in [0.1, 0.15) is 5.56 Å². The summed E-state index contributed by atoms with van der Waals surface area (Å²) in [6.07, 6.45) is -0.0186. The molecule has 4 nitrogen and oxygen atoms in total. The van der Waals surface area contributed by atoms with Gasteiger partial charge < -0.3 is 14.6 Å². The summed E-state index contributed by atoms with van der Waals surface area (Å²) in [5, 5.41) is 8.67. The van der Waals surface area contributed by atoms with Crippen molar-refractivity contribution in [3.63, 3.8) is 0 Å². The van der Waals surface area contributed by atoms with E-state index in [4.69, 9.17) is 14.6 Å². The number of hydrogen-bond donors (Lipinski definition) is 1. The molecule has 0 aromatic heterocycles. The number of carbonyl (C=O) groups is 1. The van der Waals surface area contributed by atoms with Gasteiger partial charge in [-0.25, -0.2) is 0 Å². The predicted octanol–water partition coefficient (Wildman–Crippen LogP) is 1.85. The van der Waals surface area contributed by atoms with Crippen molar-refractivity contribution in [2.45, 2.75) is 6.42 Å². The molecular weight excluding hydrogens is 264 g/mol. The molecule has 5 heteroatoms. The van der Waals surface area contributed by atoms with Gasteiger partial charge in [0.25, 0.3) is 0 Å². The first kappa shape index (κ1) is 10.3. The van der Waals surface area contributed by atoms with Crippen molar-refractivity contribution in [2.24, 2.45) is 0 Å². The summed E-state index contributed by atoms with van der Waals surface area (Å²) in [5.74, 6) is 0.390. The number of rotatable bonds is 2. The number of ether oxygens (including phenoxy) is 2. The average Bonchev–Trinajstić information content (AvgIpc) is 2.16. The van der Waals surface area contributed by atoms with Crippen LogP contribution in [0.2, 0.25) is 0 Å². The predicted molar refractivity (Wildman–Crippen MR) is 56.5 cm³/mol. The maximum atomic E-state index is 10.6. The summed E-state index contributed by atoms with van der Waals surface area (Å²) < 4.78 is 11.5. The normalized spacial score (nSPS) is 13.7. The van der Waals surface area contributed by atoms with Gasteiger partial charge in [0.2, 0.25) is 0 Å². The van der Waals surface area contributed by atoms with Crippen LogP contribution in [0.3, 0.4) is 0 Å². The summed E-state index contributed by atoms with van der Waals surface area (Å²) >= 11 is 3.32. The maximum Gasteiger partial charge on any atom is 0.307 e. The van der Waals surface area contributed by atoms with Gasteiger partial charge in [-0.15, -0.1) is 0 Å². The lowest BCUT2D eigenvalue weighted by Gasteiger charge is -2.20. The highest BCUT2D eigenvalue weighted by Crippen LogP contribution is 2.38. The number of carboxylic acid groups (broad SMARTS) is 1. The Hall–Kier alpha value is -1.23. The fourth-order valence-corrected chi connectivity index (χ4v) is 2.04. The van der Waals surface area contributed by atoms with Crippen LogP contribution in [-0.4, -0.2) is 24.3 Å². The topological polar surface area (TPSA) is 55.8 Å². The zero-order valence-corrected chi connectivity index (χ0v) is 9.41. The highest BCUT2D eigenvalue weighted by molar-refractivity contribution is 9.10. The second kappa shape index (κ2) is 4.10. The molecule has 80 valence electrons. The first-order valence-corrected chi connectivity index (χ1v) is 5.26. The van der Waals surface area contributed by atoms with Gasteiger partial charge >= 0.3 is 5.97 Å². The van der Waals surface area contributed by atoms with Crippen LogP contribution in [0.15, 0.2) is 16.6 Å². The lowest BCUT2D eigenvalue weighted by molar-refractivity contribution is -0.136. The minimum Gasteiger partial charge on any atom is -0.486 e. The Labute approximate surface area is 94.9 Å². The van der Waals surface area contributed by atoms with Crippen LogP contribution in [0.25, 0.3) is 0 Å². The monoisotopic (exact) mass is 272 g/mol. The molecule has 0 aliphatic carbocycles. The fraction of sp³-hybridized carbons (Fsp3) is 0.300.